The standard InChI is InChI=1S/C12H15F4NO/c1-17-11(4-5-18-7-12(15)16)9-6-8(13)2-3-10(9)14/h2-3,6,11-12,17H,4-5,7H2,1H3. The highest BCUT2D eigenvalue weighted by Crippen LogP contribution is 2.21. The third kappa shape index (κ3) is 4.62. The van der Waals surface area contributed by atoms with E-state index in [1.807, 2.05) is 0 Å². The molecule has 1 unspecified atom stereocenters. The van der Waals surface area contributed by atoms with Crippen molar-refractivity contribution in [3.05, 3.63) is 35.4 Å². The summed E-state index contributed by atoms with van der Waals surface area (Å²) in [6.07, 6.45) is -2.24. The molecule has 0 amide bonds. The van der Waals surface area contributed by atoms with Gasteiger partial charge in [0.05, 0.1) is 0 Å². The summed E-state index contributed by atoms with van der Waals surface area (Å²) in [4.78, 5) is 0. The van der Waals surface area contributed by atoms with E-state index in [0.29, 0.717) is 0 Å². The molecular formula is C12H15F4NO. The molecule has 0 aliphatic rings. The molecule has 0 aliphatic heterocycles. The van der Waals surface area contributed by atoms with E-state index in [1.54, 1.807) is 7.05 Å². The maximum Gasteiger partial charge on any atom is 0.261 e. The molecule has 0 saturated heterocycles. The molecular weight excluding hydrogens is 250 g/mol. The maximum absolute atomic E-state index is 13.5. The van der Waals surface area contributed by atoms with Gasteiger partial charge in [-0.05, 0) is 31.7 Å². The molecule has 0 aliphatic carbocycles. The van der Waals surface area contributed by atoms with Crippen LogP contribution in [0.3, 0.4) is 0 Å². The van der Waals surface area contributed by atoms with Crippen molar-refractivity contribution in [2.45, 2.75) is 18.9 Å². The number of benzene rings is 1. The summed E-state index contributed by atoms with van der Waals surface area (Å²) in [7, 11) is 1.59. The Hall–Kier alpha value is -1.14. The van der Waals surface area contributed by atoms with Crippen molar-refractivity contribution in [2.24, 2.45) is 0 Å². The molecule has 18 heavy (non-hydrogen) atoms. The number of hydrogen-bond donors (Lipinski definition) is 1. The van der Waals surface area contributed by atoms with Crippen LogP contribution in [-0.2, 0) is 4.74 Å². The zero-order chi connectivity index (χ0) is 13.5. The molecule has 1 N–H and O–H groups in total. The van der Waals surface area contributed by atoms with E-state index in [2.05, 4.69) is 5.32 Å². The summed E-state index contributed by atoms with van der Waals surface area (Å²) < 4.78 is 54.9. The SMILES string of the molecule is CNC(CCOCC(F)F)c1cc(F)ccc1F. The minimum atomic E-state index is -2.52. The van der Waals surface area contributed by atoms with Crippen molar-refractivity contribution < 1.29 is 22.3 Å². The average Bonchev–Trinajstić information content (AvgIpc) is 2.33. The van der Waals surface area contributed by atoms with E-state index in [4.69, 9.17) is 4.74 Å². The lowest BCUT2D eigenvalue weighted by molar-refractivity contribution is 0.0144. The molecule has 1 atom stereocenters. The monoisotopic (exact) mass is 265 g/mol. The van der Waals surface area contributed by atoms with Crippen LogP contribution >= 0.6 is 0 Å². The zero-order valence-corrected chi connectivity index (χ0v) is 9.93. The Labute approximate surface area is 103 Å². The molecule has 0 aromatic heterocycles. The lowest BCUT2D eigenvalue weighted by Crippen LogP contribution is -2.20. The predicted molar refractivity (Wildman–Crippen MR) is 59.6 cm³/mol. The zero-order valence-electron chi connectivity index (χ0n) is 9.93. The van der Waals surface area contributed by atoms with Gasteiger partial charge in [-0.1, -0.05) is 0 Å². The van der Waals surface area contributed by atoms with Crippen LogP contribution in [0.2, 0.25) is 0 Å². The smallest absolute Gasteiger partial charge is 0.261 e. The lowest BCUT2D eigenvalue weighted by atomic mass is 10.0. The highest BCUT2D eigenvalue weighted by atomic mass is 19.3. The van der Waals surface area contributed by atoms with Crippen LogP contribution in [0.4, 0.5) is 17.6 Å². The molecule has 0 bridgehead atoms. The Kier molecular flexibility index (Phi) is 6.07. The number of halogens is 4. The van der Waals surface area contributed by atoms with Crippen molar-refractivity contribution in [3.63, 3.8) is 0 Å². The molecule has 1 rings (SSSR count). The molecule has 0 fully saturated rings. The van der Waals surface area contributed by atoms with Crippen LogP contribution in [0.25, 0.3) is 0 Å². The average molecular weight is 265 g/mol. The van der Waals surface area contributed by atoms with E-state index in [-0.39, 0.29) is 18.6 Å². The van der Waals surface area contributed by atoms with Crippen molar-refractivity contribution in [3.8, 4) is 0 Å². The lowest BCUT2D eigenvalue weighted by Gasteiger charge is -2.17. The third-order valence-electron chi connectivity index (χ3n) is 2.48. The van der Waals surface area contributed by atoms with Gasteiger partial charge in [-0.3, -0.25) is 0 Å². The summed E-state index contributed by atoms with van der Waals surface area (Å²) in [6, 6.07) is 2.68. The molecule has 0 heterocycles. The third-order valence-corrected chi connectivity index (χ3v) is 2.48. The fourth-order valence-electron chi connectivity index (χ4n) is 1.61. The fourth-order valence-corrected chi connectivity index (χ4v) is 1.61. The van der Waals surface area contributed by atoms with Crippen molar-refractivity contribution >= 4 is 0 Å². The van der Waals surface area contributed by atoms with Gasteiger partial charge in [0.1, 0.15) is 18.2 Å². The summed E-state index contributed by atoms with van der Waals surface area (Å²) in [5, 5.41) is 2.80. The fraction of sp³-hybridized carbons (Fsp3) is 0.500. The first-order valence-electron chi connectivity index (χ1n) is 5.52. The van der Waals surface area contributed by atoms with Gasteiger partial charge in [0.2, 0.25) is 0 Å². The van der Waals surface area contributed by atoms with Crippen molar-refractivity contribution in [1.82, 2.24) is 5.32 Å². The predicted octanol–water partition coefficient (Wildman–Crippen LogP) is 2.90. The van der Waals surface area contributed by atoms with E-state index in [9.17, 15) is 17.6 Å². The Balaban J connectivity index is 2.57. The van der Waals surface area contributed by atoms with Gasteiger partial charge < -0.3 is 10.1 Å². The van der Waals surface area contributed by atoms with E-state index >= 15 is 0 Å². The maximum atomic E-state index is 13.5. The molecule has 0 spiro atoms. The van der Waals surface area contributed by atoms with Crippen LogP contribution in [0.15, 0.2) is 18.2 Å². The summed E-state index contributed by atoms with van der Waals surface area (Å²) in [5.74, 6) is -1.08. The number of ether oxygens (including phenoxy) is 1. The van der Waals surface area contributed by atoms with Gasteiger partial charge in [0.15, 0.2) is 0 Å². The number of hydrogen-bond acceptors (Lipinski definition) is 2. The first kappa shape index (κ1) is 14.9. The second-order valence-corrected chi connectivity index (χ2v) is 3.76. The van der Waals surface area contributed by atoms with Crippen molar-refractivity contribution in [1.29, 1.82) is 0 Å². The number of rotatable bonds is 7. The van der Waals surface area contributed by atoms with Crippen LogP contribution < -0.4 is 5.32 Å². The summed E-state index contributed by atoms with van der Waals surface area (Å²) in [5.41, 5.74) is 0.165. The Morgan fingerprint density at radius 1 is 1.28 bits per heavy atom. The van der Waals surface area contributed by atoms with E-state index in [0.717, 1.165) is 18.2 Å². The summed E-state index contributed by atoms with van der Waals surface area (Å²) in [6.45, 7) is -0.603. The molecule has 6 heteroatoms. The molecule has 102 valence electrons. The largest absolute Gasteiger partial charge is 0.375 e. The quantitative estimate of drug-likeness (QED) is 0.604. The van der Waals surface area contributed by atoms with E-state index in [1.165, 1.54) is 0 Å². The van der Waals surface area contributed by atoms with Crippen LogP contribution in [0.1, 0.15) is 18.0 Å². The van der Waals surface area contributed by atoms with Crippen LogP contribution in [-0.4, -0.2) is 26.7 Å². The van der Waals surface area contributed by atoms with Gasteiger partial charge in [-0.25, -0.2) is 17.6 Å². The Morgan fingerprint density at radius 2 is 2.00 bits per heavy atom. The van der Waals surface area contributed by atoms with Crippen LogP contribution in [0.5, 0.6) is 0 Å². The topological polar surface area (TPSA) is 21.3 Å². The second kappa shape index (κ2) is 7.33. The van der Waals surface area contributed by atoms with Crippen molar-refractivity contribution in [2.75, 3.05) is 20.3 Å². The Bertz CT molecular complexity index is 373. The van der Waals surface area contributed by atoms with Gasteiger partial charge in [0, 0.05) is 18.2 Å². The van der Waals surface area contributed by atoms with Crippen LogP contribution in [0, 0.1) is 11.6 Å². The second-order valence-electron chi connectivity index (χ2n) is 3.76. The van der Waals surface area contributed by atoms with Gasteiger partial charge in [-0.15, -0.1) is 0 Å². The highest BCUT2D eigenvalue weighted by molar-refractivity contribution is 5.22. The molecule has 0 radical (unpaired) electrons. The van der Waals surface area contributed by atoms with Gasteiger partial charge >= 0.3 is 0 Å². The van der Waals surface area contributed by atoms with E-state index < -0.39 is 30.7 Å². The molecule has 2 nitrogen and oxygen atoms in total. The molecule has 0 saturated carbocycles. The molecule has 1 aromatic rings. The molecule has 1 aromatic carbocycles. The Morgan fingerprint density at radius 3 is 2.61 bits per heavy atom. The minimum Gasteiger partial charge on any atom is -0.375 e. The van der Waals surface area contributed by atoms with Gasteiger partial charge in [0.25, 0.3) is 6.43 Å². The summed E-state index contributed by atoms with van der Waals surface area (Å²) >= 11 is 0. The minimum absolute atomic E-state index is 0.0474. The number of alkyl halides is 2. The first-order chi connectivity index (χ1) is 8.54. The highest BCUT2D eigenvalue weighted by Gasteiger charge is 2.15. The first-order valence-corrected chi connectivity index (χ1v) is 5.52. The van der Waals surface area contributed by atoms with Gasteiger partial charge in [-0.2, -0.15) is 0 Å². The number of nitrogens with one attached hydrogen (secondary N) is 1. The normalized spacial score (nSPS) is 13.0.